The number of hydrogen-bond donors (Lipinski definition) is 5. The number of nitrogens with zero attached hydrogens (tertiary/aromatic N) is 1. The summed E-state index contributed by atoms with van der Waals surface area (Å²) in [7, 11) is 0. The van der Waals surface area contributed by atoms with Crippen LogP contribution in [0.15, 0.2) is 24.4 Å². The molecule has 0 radical (unpaired) electrons. The molecule has 1 rings (SSSR count). The molecule has 27 heavy (non-hydrogen) atoms. The molecule has 0 unspecified atom stereocenters. The Morgan fingerprint density at radius 2 is 1.70 bits per heavy atom. The van der Waals surface area contributed by atoms with Gasteiger partial charge >= 0.3 is 18.0 Å². The Kier molecular flexibility index (Phi) is 9.90. The van der Waals surface area contributed by atoms with Gasteiger partial charge in [-0.05, 0) is 37.8 Å². The number of pyridine rings is 1. The van der Waals surface area contributed by atoms with Gasteiger partial charge in [0, 0.05) is 25.7 Å². The molecule has 148 valence electrons. The predicted molar refractivity (Wildman–Crippen MR) is 95.2 cm³/mol. The van der Waals surface area contributed by atoms with Gasteiger partial charge in [0.25, 0.3) is 5.91 Å². The number of unbranched alkanes of at least 4 members (excludes halogenated alkanes) is 2. The summed E-state index contributed by atoms with van der Waals surface area (Å²) >= 11 is 0. The Balaban J connectivity index is 2.11. The molecule has 1 atom stereocenters. The second-order valence-electron chi connectivity index (χ2n) is 5.76. The molecule has 0 aliphatic rings. The van der Waals surface area contributed by atoms with Crippen molar-refractivity contribution in [1.82, 2.24) is 20.9 Å². The number of amides is 3. The van der Waals surface area contributed by atoms with E-state index in [0.717, 1.165) is 12.8 Å². The van der Waals surface area contributed by atoms with Crippen molar-refractivity contribution < 1.29 is 29.4 Å². The van der Waals surface area contributed by atoms with E-state index in [1.807, 2.05) is 0 Å². The summed E-state index contributed by atoms with van der Waals surface area (Å²) in [6.45, 7) is 0.823. The summed E-state index contributed by atoms with van der Waals surface area (Å²) in [5, 5.41) is 25.0. The van der Waals surface area contributed by atoms with Gasteiger partial charge in [0.05, 0.1) is 0 Å². The fourth-order valence-corrected chi connectivity index (χ4v) is 2.15. The number of carbonyl (C=O) groups is 4. The number of carboxylic acid groups (broad SMARTS) is 2. The molecule has 10 heteroatoms. The first kappa shape index (κ1) is 21.9. The van der Waals surface area contributed by atoms with Crippen LogP contribution in [0.1, 0.15) is 42.6 Å². The van der Waals surface area contributed by atoms with Crippen LogP contribution in [0, 0.1) is 0 Å². The molecule has 0 bridgehead atoms. The first-order valence-corrected chi connectivity index (χ1v) is 8.58. The van der Waals surface area contributed by atoms with Crippen LogP contribution in [0.4, 0.5) is 4.79 Å². The highest BCUT2D eigenvalue weighted by Gasteiger charge is 2.20. The van der Waals surface area contributed by atoms with Crippen molar-refractivity contribution in [1.29, 1.82) is 0 Å². The van der Waals surface area contributed by atoms with Crippen molar-refractivity contribution in [3.05, 3.63) is 30.1 Å². The molecule has 0 aromatic carbocycles. The van der Waals surface area contributed by atoms with Crippen molar-refractivity contribution in [2.75, 3.05) is 13.1 Å². The SMILES string of the molecule is O=C(O)CC[C@H](NC(=O)NCCCCCNC(=O)c1ccccn1)C(=O)O. The van der Waals surface area contributed by atoms with Gasteiger partial charge in [-0.15, -0.1) is 0 Å². The number of aromatic nitrogens is 1. The highest BCUT2D eigenvalue weighted by molar-refractivity contribution is 5.92. The lowest BCUT2D eigenvalue weighted by molar-refractivity contribution is -0.140. The van der Waals surface area contributed by atoms with Gasteiger partial charge in [-0.2, -0.15) is 0 Å². The first-order valence-electron chi connectivity index (χ1n) is 8.58. The fourth-order valence-electron chi connectivity index (χ4n) is 2.15. The van der Waals surface area contributed by atoms with E-state index in [0.29, 0.717) is 25.2 Å². The van der Waals surface area contributed by atoms with E-state index in [2.05, 4.69) is 20.9 Å². The lowest BCUT2D eigenvalue weighted by Gasteiger charge is -2.14. The maximum atomic E-state index is 11.8. The van der Waals surface area contributed by atoms with Crippen LogP contribution in [-0.2, 0) is 9.59 Å². The van der Waals surface area contributed by atoms with E-state index in [1.165, 1.54) is 0 Å². The van der Waals surface area contributed by atoms with Gasteiger partial charge in [0.2, 0.25) is 0 Å². The zero-order chi connectivity index (χ0) is 20.1. The highest BCUT2D eigenvalue weighted by Crippen LogP contribution is 1.99. The molecule has 1 aromatic rings. The minimum absolute atomic E-state index is 0.186. The summed E-state index contributed by atoms with van der Waals surface area (Å²) < 4.78 is 0. The van der Waals surface area contributed by atoms with Crippen LogP contribution in [0.3, 0.4) is 0 Å². The molecule has 0 saturated carbocycles. The second-order valence-corrected chi connectivity index (χ2v) is 5.76. The van der Waals surface area contributed by atoms with Crippen LogP contribution in [0.5, 0.6) is 0 Å². The van der Waals surface area contributed by atoms with Gasteiger partial charge in [-0.1, -0.05) is 6.07 Å². The monoisotopic (exact) mass is 380 g/mol. The molecule has 0 fully saturated rings. The molecular formula is C17H24N4O6. The maximum absolute atomic E-state index is 11.8. The largest absolute Gasteiger partial charge is 0.481 e. The third kappa shape index (κ3) is 9.78. The van der Waals surface area contributed by atoms with Crippen LogP contribution in [-0.4, -0.2) is 58.2 Å². The topological polar surface area (TPSA) is 158 Å². The zero-order valence-corrected chi connectivity index (χ0v) is 14.8. The van der Waals surface area contributed by atoms with Gasteiger partial charge < -0.3 is 26.2 Å². The van der Waals surface area contributed by atoms with Crippen molar-refractivity contribution in [3.63, 3.8) is 0 Å². The standard InChI is InChI=1S/C17H24N4O6/c22-14(23)8-7-13(16(25)26)21-17(27)20-11-4-1-3-10-19-15(24)12-6-2-5-9-18-12/h2,5-6,9,13H,1,3-4,7-8,10-11H2,(H,19,24)(H,22,23)(H,25,26)(H2,20,21,27)/t13-/m0/s1. The van der Waals surface area contributed by atoms with Crippen molar-refractivity contribution in [3.8, 4) is 0 Å². The molecule has 1 aromatic heterocycles. The Morgan fingerprint density at radius 3 is 2.30 bits per heavy atom. The van der Waals surface area contributed by atoms with Crippen molar-refractivity contribution in [2.45, 2.75) is 38.1 Å². The van der Waals surface area contributed by atoms with E-state index in [4.69, 9.17) is 10.2 Å². The van der Waals surface area contributed by atoms with Crippen LogP contribution < -0.4 is 16.0 Å². The van der Waals surface area contributed by atoms with E-state index in [-0.39, 0.29) is 18.7 Å². The Bertz CT molecular complexity index is 638. The lowest BCUT2D eigenvalue weighted by Crippen LogP contribution is -2.46. The first-order chi connectivity index (χ1) is 12.9. The third-order valence-corrected chi connectivity index (χ3v) is 3.57. The molecule has 10 nitrogen and oxygen atoms in total. The number of hydrogen-bond acceptors (Lipinski definition) is 5. The summed E-state index contributed by atoms with van der Waals surface area (Å²) in [5.41, 5.74) is 0.353. The summed E-state index contributed by atoms with van der Waals surface area (Å²) in [6, 6.07) is 3.18. The average molecular weight is 380 g/mol. The maximum Gasteiger partial charge on any atom is 0.326 e. The smallest absolute Gasteiger partial charge is 0.326 e. The second kappa shape index (κ2) is 12.2. The number of nitrogens with one attached hydrogen (secondary N) is 3. The van der Waals surface area contributed by atoms with Crippen LogP contribution in [0.2, 0.25) is 0 Å². The number of carboxylic acids is 2. The predicted octanol–water partition coefficient (Wildman–Crippen LogP) is 0.599. The van der Waals surface area contributed by atoms with Crippen molar-refractivity contribution in [2.24, 2.45) is 0 Å². The van der Waals surface area contributed by atoms with Crippen molar-refractivity contribution >= 4 is 23.9 Å². The van der Waals surface area contributed by atoms with E-state index >= 15 is 0 Å². The number of aliphatic carboxylic acids is 2. The molecule has 0 spiro atoms. The Morgan fingerprint density at radius 1 is 1.00 bits per heavy atom. The minimum atomic E-state index is -1.28. The van der Waals surface area contributed by atoms with Crippen LogP contribution in [0.25, 0.3) is 0 Å². The number of rotatable bonds is 12. The molecule has 3 amide bonds. The van der Waals surface area contributed by atoms with Gasteiger partial charge in [0.1, 0.15) is 11.7 Å². The molecule has 0 aliphatic carbocycles. The average Bonchev–Trinajstić information content (AvgIpc) is 2.64. The van der Waals surface area contributed by atoms with Crippen LogP contribution >= 0.6 is 0 Å². The van der Waals surface area contributed by atoms with E-state index in [9.17, 15) is 19.2 Å². The summed E-state index contributed by atoms with van der Waals surface area (Å²) in [5.74, 6) is -2.65. The number of carbonyl (C=O) groups excluding carboxylic acids is 2. The van der Waals surface area contributed by atoms with Gasteiger partial charge in [0.15, 0.2) is 0 Å². The minimum Gasteiger partial charge on any atom is -0.481 e. The molecule has 0 aliphatic heterocycles. The zero-order valence-electron chi connectivity index (χ0n) is 14.8. The molecule has 1 heterocycles. The fraction of sp³-hybridized carbons (Fsp3) is 0.471. The lowest BCUT2D eigenvalue weighted by atomic mass is 10.1. The number of urea groups is 1. The van der Waals surface area contributed by atoms with Gasteiger partial charge in [-0.25, -0.2) is 9.59 Å². The quantitative estimate of drug-likeness (QED) is 0.332. The van der Waals surface area contributed by atoms with Gasteiger partial charge in [-0.3, -0.25) is 14.6 Å². The molecule has 0 saturated heterocycles. The third-order valence-electron chi connectivity index (χ3n) is 3.57. The Hall–Kier alpha value is -3.17. The van der Waals surface area contributed by atoms with E-state index < -0.39 is 24.0 Å². The highest BCUT2D eigenvalue weighted by atomic mass is 16.4. The summed E-state index contributed by atoms with van der Waals surface area (Å²) in [4.78, 5) is 48.8. The summed E-state index contributed by atoms with van der Waals surface area (Å²) in [6.07, 6.45) is 3.14. The van der Waals surface area contributed by atoms with E-state index in [1.54, 1.807) is 24.4 Å². The normalized spacial score (nSPS) is 11.3. The molecular weight excluding hydrogens is 356 g/mol. The Labute approximate surface area is 156 Å². The molecule has 5 N–H and O–H groups in total.